The first-order chi connectivity index (χ1) is 26.1. The van der Waals surface area contributed by atoms with Crippen molar-refractivity contribution in [3.8, 4) is 0 Å². The fourth-order valence-corrected chi connectivity index (χ4v) is 6.24. The Morgan fingerprint density at radius 2 is 0.944 bits per heavy atom. The molecule has 9 heteroatoms. The predicted octanol–water partition coefficient (Wildman–Crippen LogP) is 10.2. The average molecular weight is 768 g/mol. The van der Waals surface area contributed by atoms with Gasteiger partial charge >= 0.3 is 11.9 Å². The lowest BCUT2D eigenvalue weighted by Crippen LogP contribution is -2.44. The van der Waals surface area contributed by atoms with Crippen LogP contribution in [0.5, 0.6) is 0 Å². The molecule has 54 heavy (non-hydrogen) atoms. The highest BCUT2D eigenvalue weighted by Crippen LogP contribution is 2.15. The molecule has 0 saturated heterocycles. The fraction of sp³-hybridized carbons (Fsp3) is 0.889. The standard InChI is InChI=1S/C45H85NO8/c1-6-8-10-12-14-16-18-20-21-22-23-24-26-28-30-32-34-36-43(48)54-41(40-53-45(44(49)50)51-38-37-46(3,4)5)39-52-42(47)35-33-31-29-27-25-19-17-15-13-11-9-7-2/h20-21,41,45H,6-19,22-40H2,1-5H3/b21-20-. The number of quaternary nitrogens is 1. The topological polar surface area (TPSA) is 111 Å². The fourth-order valence-electron chi connectivity index (χ4n) is 6.24. The highest BCUT2D eigenvalue weighted by Gasteiger charge is 2.21. The van der Waals surface area contributed by atoms with E-state index in [-0.39, 0.29) is 32.2 Å². The maximum atomic E-state index is 12.7. The van der Waals surface area contributed by atoms with E-state index in [4.69, 9.17) is 18.9 Å². The number of hydrogen-bond acceptors (Lipinski definition) is 8. The lowest BCUT2D eigenvalue weighted by Gasteiger charge is -2.26. The first kappa shape index (κ1) is 52.0. The second kappa shape index (κ2) is 37.9. The average Bonchev–Trinajstić information content (AvgIpc) is 3.12. The van der Waals surface area contributed by atoms with Gasteiger partial charge in [-0.25, -0.2) is 0 Å². The van der Waals surface area contributed by atoms with Gasteiger partial charge < -0.3 is 33.3 Å². The molecule has 0 spiro atoms. The van der Waals surface area contributed by atoms with Crippen LogP contribution in [0.4, 0.5) is 0 Å². The van der Waals surface area contributed by atoms with Gasteiger partial charge in [-0.1, -0.05) is 161 Å². The molecule has 0 fully saturated rings. The Bertz CT molecular complexity index is 903. The molecule has 9 nitrogen and oxygen atoms in total. The molecule has 0 aromatic carbocycles. The number of hydrogen-bond donors (Lipinski definition) is 0. The number of carboxylic acid groups (broad SMARTS) is 1. The minimum Gasteiger partial charge on any atom is -0.545 e. The lowest BCUT2D eigenvalue weighted by molar-refractivity contribution is -0.870. The largest absolute Gasteiger partial charge is 0.545 e. The number of ether oxygens (including phenoxy) is 4. The molecular formula is C45H85NO8. The zero-order valence-electron chi connectivity index (χ0n) is 35.9. The Balaban J connectivity index is 4.42. The molecule has 0 rings (SSSR count). The molecule has 2 unspecified atom stereocenters. The molecule has 0 aromatic rings. The van der Waals surface area contributed by atoms with Crippen LogP contribution in [-0.2, 0) is 33.3 Å². The van der Waals surface area contributed by atoms with E-state index in [1.807, 2.05) is 21.1 Å². The number of carboxylic acids is 1. The lowest BCUT2D eigenvalue weighted by atomic mass is 10.0. The number of nitrogens with zero attached hydrogens (tertiary/aromatic N) is 1. The van der Waals surface area contributed by atoms with Crippen LogP contribution in [0.15, 0.2) is 12.2 Å². The maximum absolute atomic E-state index is 12.7. The van der Waals surface area contributed by atoms with E-state index >= 15 is 0 Å². The minimum absolute atomic E-state index is 0.150. The van der Waals surface area contributed by atoms with Gasteiger partial charge in [-0.3, -0.25) is 9.59 Å². The van der Waals surface area contributed by atoms with Gasteiger partial charge in [-0.05, 0) is 38.5 Å². The summed E-state index contributed by atoms with van der Waals surface area (Å²) in [7, 11) is 5.91. The summed E-state index contributed by atoms with van der Waals surface area (Å²) in [5.74, 6) is -2.28. The molecule has 318 valence electrons. The van der Waals surface area contributed by atoms with Gasteiger partial charge in [0, 0.05) is 12.8 Å². The van der Waals surface area contributed by atoms with Crippen LogP contribution in [0.3, 0.4) is 0 Å². The van der Waals surface area contributed by atoms with Crippen molar-refractivity contribution in [2.45, 2.75) is 212 Å². The molecule has 0 heterocycles. The Hall–Kier alpha value is -1.97. The SMILES string of the molecule is CCCCCCCC/C=C\CCCCCCCCCC(=O)OC(COC(=O)CCCCCCCCCCCCCC)COC(OCC[N+](C)(C)C)C(=O)[O-]. The van der Waals surface area contributed by atoms with E-state index in [1.165, 1.54) is 122 Å². The molecule has 0 aliphatic rings. The smallest absolute Gasteiger partial charge is 0.306 e. The van der Waals surface area contributed by atoms with Gasteiger partial charge in [0.05, 0.1) is 40.3 Å². The monoisotopic (exact) mass is 768 g/mol. The van der Waals surface area contributed by atoms with Crippen LogP contribution in [0, 0.1) is 0 Å². The zero-order valence-corrected chi connectivity index (χ0v) is 35.9. The minimum atomic E-state index is -1.62. The molecule has 0 amide bonds. The van der Waals surface area contributed by atoms with Crippen LogP contribution < -0.4 is 5.11 Å². The van der Waals surface area contributed by atoms with Crippen molar-refractivity contribution in [3.05, 3.63) is 12.2 Å². The Labute approximate surface area is 332 Å². The maximum Gasteiger partial charge on any atom is 0.306 e. The quantitative estimate of drug-likeness (QED) is 0.0199. The number of carbonyl (C=O) groups is 3. The first-order valence-electron chi connectivity index (χ1n) is 22.3. The molecule has 0 aliphatic carbocycles. The Kier molecular flexibility index (Phi) is 36.5. The molecule has 0 bridgehead atoms. The van der Waals surface area contributed by atoms with E-state index in [1.54, 1.807) is 0 Å². The number of likely N-dealkylation sites (N-methyl/N-ethyl adjacent to an activating group) is 1. The van der Waals surface area contributed by atoms with Crippen molar-refractivity contribution in [2.75, 3.05) is 47.5 Å². The van der Waals surface area contributed by atoms with Crippen LogP contribution >= 0.6 is 0 Å². The summed E-state index contributed by atoms with van der Waals surface area (Å²) in [6.45, 7) is 4.74. The summed E-state index contributed by atoms with van der Waals surface area (Å²) in [5.41, 5.74) is 0. The van der Waals surface area contributed by atoms with Gasteiger partial charge in [-0.15, -0.1) is 0 Å². The first-order valence-corrected chi connectivity index (χ1v) is 22.3. The molecule has 0 N–H and O–H groups in total. The normalized spacial score (nSPS) is 13.0. The van der Waals surface area contributed by atoms with Crippen molar-refractivity contribution in [2.24, 2.45) is 0 Å². The molecule has 2 atom stereocenters. The highest BCUT2D eigenvalue weighted by atomic mass is 16.7. The number of carbonyl (C=O) groups excluding carboxylic acids is 3. The van der Waals surface area contributed by atoms with Crippen LogP contribution in [-0.4, -0.2) is 82.3 Å². The summed E-state index contributed by atoms with van der Waals surface area (Å²) in [5, 5.41) is 11.7. The molecule has 0 aromatic heterocycles. The molecule has 0 aliphatic heterocycles. The van der Waals surface area contributed by atoms with Crippen molar-refractivity contribution in [3.63, 3.8) is 0 Å². The van der Waals surface area contributed by atoms with Crippen molar-refractivity contribution in [1.29, 1.82) is 0 Å². The van der Waals surface area contributed by atoms with Crippen LogP contribution in [0.2, 0.25) is 0 Å². The van der Waals surface area contributed by atoms with Crippen LogP contribution in [0.1, 0.15) is 200 Å². The van der Waals surface area contributed by atoms with Crippen LogP contribution in [0.25, 0.3) is 0 Å². The van der Waals surface area contributed by atoms with Gasteiger partial charge in [0.15, 0.2) is 12.4 Å². The second-order valence-corrected chi connectivity index (χ2v) is 16.3. The summed E-state index contributed by atoms with van der Waals surface area (Å²) in [6, 6.07) is 0. The number of rotatable bonds is 41. The zero-order chi connectivity index (χ0) is 40.0. The summed E-state index contributed by atoms with van der Waals surface area (Å²) in [6.07, 6.45) is 35.2. The van der Waals surface area contributed by atoms with E-state index in [9.17, 15) is 19.5 Å². The molecule has 0 radical (unpaired) electrons. The third-order valence-corrected chi connectivity index (χ3v) is 9.76. The third-order valence-electron chi connectivity index (χ3n) is 9.76. The van der Waals surface area contributed by atoms with E-state index in [0.29, 0.717) is 23.9 Å². The van der Waals surface area contributed by atoms with Gasteiger partial charge in [-0.2, -0.15) is 0 Å². The van der Waals surface area contributed by atoms with E-state index in [0.717, 1.165) is 44.9 Å². The van der Waals surface area contributed by atoms with E-state index < -0.39 is 24.3 Å². The number of esters is 2. The number of allylic oxidation sites excluding steroid dienone is 2. The summed E-state index contributed by atoms with van der Waals surface area (Å²) < 4.78 is 22.5. The number of aliphatic carboxylic acids is 1. The second-order valence-electron chi connectivity index (χ2n) is 16.3. The number of unbranched alkanes of at least 4 members (excludes halogenated alkanes) is 24. The summed E-state index contributed by atoms with van der Waals surface area (Å²) in [4.78, 5) is 36.9. The Morgan fingerprint density at radius 3 is 1.37 bits per heavy atom. The van der Waals surface area contributed by atoms with Crippen molar-refractivity contribution in [1.82, 2.24) is 0 Å². The third kappa shape index (κ3) is 38.3. The van der Waals surface area contributed by atoms with Gasteiger partial charge in [0.2, 0.25) is 0 Å². The predicted molar refractivity (Wildman–Crippen MR) is 219 cm³/mol. The summed E-state index contributed by atoms with van der Waals surface area (Å²) >= 11 is 0. The van der Waals surface area contributed by atoms with Gasteiger partial charge in [0.1, 0.15) is 13.2 Å². The van der Waals surface area contributed by atoms with Crippen molar-refractivity contribution < 1.29 is 42.9 Å². The van der Waals surface area contributed by atoms with Gasteiger partial charge in [0.25, 0.3) is 0 Å². The highest BCUT2D eigenvalue weighted by molar-refractivity contribution is 5.70. The molecule has 0 saturated carbocycles. The Morgan fingerprint density at radius 1 is 0.537 bits per heavy atom. The van der Waals surface area contributed by atoms with Crippen molar-refractivity contribution >= 4 is 17.9 Å². The van der Waals surface area contributed by atoms with E-state index in [2.05, 4.69) is 26.0 Å². The molecular weight excluding hydrogens is 682 g/mol.